The van der Waals surface area contributed by atoms with Crippen LogP contribution in [0.3, 0.4) is 0 Å². The number of pyridine rings is 4. The van der Waals surface area contributed by atoms with Gasteiger partial charge in [0, 0.05) is 96.4 Å². The number of fused-ring (bicyclic) bond motifs is 4. The molecule has 0 fully saturated rings. The highest BCUT2D eigenvalue weighted by atomic mass is 16.5. The topological polar surface area (TPSA) is 136 Å². The standard InChI is InChI=1S/2C12H16N2O.C12H15NO2.C11H13NO.4C3H8/c1-4-14-7-10-9(12(14)15)5-6-13-11(10)8(2)3;1-4-14-7-9-5-6-10(8(2)3)13-11(9)12(14)15;1-8(2)10-6-9-11(14)4-3-5-15-12(9)7-13-10;1-7(2)11-9-3-4-10(13)8(9)5-6-12-11;4*1-3-2/h2*5-6,8H,4,7H2,1-3H3;6-8H,3-5H2,1-2H3;5-7H,3-4H2,1-2H3;4*3H2,1-2H3. The first-order valence-electron chi connectivity index (χ1n) is 26.5. The fraction of sp³-hybridized carbons (Fsp3) is 0.593. The van der Waals surface area contributed by atoms with E-state index in [0.29, 0.717) is 60.1 Å². The molecule has 0 bridgehead atoms. The lowest BCUT2D eigenvalue weighted by Crippen LogP contribution is -2.23. The number of amides is 2. The molecule has 8 rings (SSSR count). The van der Waals surface area contributed by atoms with Crippen molar-refractivity contribution in [3.05, 3.63) is 111 Å². The second-order valence-electron chi connectivity index (χ2n) is 19.2. The average Bonchev–Trinajstić information content (AvgIpc) is 3.94. The van der Waals surface area contributed by atoms with Crippen LogP contribution in [-0.2, 0) is 19.5 Å². The molecule has 4 aromatic heterocycles. The van der Waals surface area contributed by atoms with E-state index in [4.69, 9.17) is 4.74 Å². The van der Waals surface area contributed by atoms with Gasteiger partial charge in [0.15, 0.2) is 11.6 Å². The predicted molar refractivity (Wildman–Crippen MR) is 290 cm³/mol. The molecular formula is C59H92N6O5. The normalized spacial score (nSPS) is 13.6. The average molecular weight is 965 g/mol. The van der Waals surface area contributed by atoms with Gasteiger partial charge in [-0.25, -0.2) is 4.98 Å². The third kappa shape index (κ3) is 18.8. The van der Waals surface area contributed by atoms with Gasteiger partial charge in [0.2, 0.25) is 0 Å². The lowest BCUT2D eigenvalue weighted by molar-refractivity contribution is 0.0777. The van der Waals surface area contributed by atoms with Gasteiger partial charge in [-0.15, -0.1) is 0 Å². The molecule has 0 radical (unpaired) electrons. The van der Waals surface area contributed by atoms with Crippen LogP contribution in [0.1, 0.15) is 274 Å². The monoisotopic (exact) mass is 965 g/mol. The van der Waals surface area contributed by atoms with Crippen molar-refractivity contribution < 1.29 is 23.9 Å². The molecule has 388 valence electrons. The molecule has 7 heterocycles. The molecule has 0 spiro atoms. The van der Waals surface area contributed by atoms with Crippen molar-refractivity contribution in [1.82, 2.24) is 29.7 Å². The molecule has 11 heteroatoms. The Bertz CT molecular complexity index is 2200. The molecule has 4 aliphatic rings. The quantitative estimate of drug-likeness (QED) is 0.185. The minimum atomic E-state index is 0.0787. The van der Waals surface area contributed by atoms with Gasteiger partial charge in [0.25, 0.3) is 11.8 Å². The van der Waals surface area contributed by atoms with Gasteiger partial charge in [-0.05, 0) is 80.2 Å². The van der Waals surface area contributed by atoms with Crippen LogP contribution in [0.15, 0.2) is 48.9 Å². The molecule has 0 unspecified atom stereocenters. The summed E-state index contributed by atoms with van der Waals surface area (Å²) in [6.45, 7) is 41.4. The summed E-state index contributed by atoms with van der Waals surface area (Å²) in [7, 11) is 0. The van der Waals surface area contributed by atoms with Crippen molar-refractivity contribution in [2.75, 3.05) is 19.7 Å². The van der Waals surface area contributed by atoms with Crippen molar-refractivity contribution in [2.45, 2.75) is 213 Å². The predicted octanol–water partition coefficient (Wildman–Crippen LogP) is 14.9. The van der Waals surface area contributed by atoms with Crippen LogP contribution in [0.4, 0.5) is 0 Å². The Kier molecular flexibility index (Phi) is 29.8. The molecule has 2 amide bonds. The van der Waals surface area contributed by atoms with E-state index in [0.717, 1.165) is 84.1 Å². The van der Waals surface area contributed by atoms with Gasteiger partial charge in [-0.3, -0.25) is 34.1 Å². The first-order chi connectivity index (χ1) is 33.3. The van der Waals surface area contributed by atoms with Gasteiger partial charge >= 0.3 is 0 Å². The first-order valence-corrected chi connectivity index (χ1v) is 26.5. The molecule has 1 aliphatic carbocycles. The number of nitrogens with zero attached hydrogens (tertiary/aromatic N) is 6. The van der Waals surface area contributed by atoms with E-state index >= 15 is 0 Å². The highest BCUT2D eigenvalue weighted by Gasteiger charge is 2.30. The summed E-state index contributed by atoms with van der Waals surface area (Å²) >= 11 is 0. The van der Waals surface area contributed by atoms with Crippen molar-refractivity contribution in [3.8, 4) is 5.75 Å². The summed E-state index contributed by atoms with van der Waals surface area (Å²) in [6, 6.07) is 9.60. The number of ketones is 2. The molecule has 0 atom stereocenters. The Labute approximate surface area is 424 Å². The molecule has 0 aromatic carbocycles. The van der Waals surface area contributed by atoms with E-state index < -0.39 is 0 Å². The van der Waals surface area contributed by atoms with Crippen molar-refractivity contribution >= 4 is 23.4 Å². The molecule has 0 saturated heterocycles. The zero-order valence-electron chi connectivity index (χ0n) is 46.8. The number of rotatable bonds is 6. The van der Waals surface area contributed by atoms with E-state index in [1.807, 2.05) is 54.0 Å². The van der Waals surface area contributed by atoms with Gasteiger partial charge < -0.3 is 14.5 Å². The van der Waals surface area contributed by atoms with Crippen LogP contribution >= 0.6 is 0 Å². The SMILES string of the molecule is CC(C)c1cc2c(cn1)OCCCC2=O.CC(C)c1nccc2c1CCC2=O.CCC.CCC.CCC.CCC.CCN1Cc2c(ccnc2C(C)C)C1=O.CCN1Cc2ccc(C(C)C)nc2C1=O. The highest BCUT2D eigenvalue weighted by Crippen LogP contribution is 2.30. The van der Waals surface area contributed by atoms with Crippen LogP contribution in [0, 0.1) is 0 Å². The maximum Gasteiger partial charge on any atom is 0.273 e. The number of carbonyl (C=O) groups is 4. The number of Topliss-reactive ketones (excluding diaryl/α,β-unsaturated/α-hetero) is 2. The van der Waals surface area contributed by atoms with Gasteiger partial charge in [0.1, 0.15) is 11.4 Å². The molecule has 70 heavy (non-hydrogen) atoms. The Morgan fingerprint density at radius 1 is 0.529 bits per heavy atom. The van der Waals surface area contributed by atoms with E-state index in [-0.39, 0.29) is 23.4 Å². The van der Waals surface area contributed by atoms with E-state index in [1.54, 1.807) is 18.6 Å². The summed E-state index contributed by atoms with van der Waals surface area (Å²) in [4.78, 5) is 68.1. The molecule has 0 saturated carbocycles. The fourth-order valence-corrected chi connectivity index (χ4v) is 7.44. The summed E-state index contributed by atoms with van der Waals surface area (Å²) in [5.41, 5.74) is 10.6. The number of carbonyl (C=O) groups excluding carboxylic acids is 4. The Hall–Kier alpha value is -5.32. The Morgan fingerprint density at radius 2 is 1.03 bits per heavy atom. The summed E-state index contributed by atoms with van der Waals surface area (Å²) in [5.74, 6) is 2.83. The maximum atomic E-state index is 11.9. The zero-order chi connectivity index (χ0) is 53.1. The molecule has 3 aliphatic heterocycles. The van der Waals surface area contributed by atoms with Gasteiger partial charge in [-0.2, -0.15) is 0 Å². The van der Waals surface area contributed by atoms with E-state index in [2.05, 4.69) is 131 Å². The summed E-state index contributed by atoms with van der Waals surface area (Å²) in [5, 5.41) is 0. The number of hydrogen-bond acceptors (Lipinski definition) is 9. The molecule has 11 nitrogen and oxygen atoms in total. The molecular weight excluding hydrogens is 873 g/mol. The van der Waals surface area contributed by atoms with Crippen molar-refractivity contribution in [1.29, 1.82) is 0 Å². The Balaban J connectivity index is 0.000000433. The van der Waals surface area contributed by atoms with Gasteiger partial charge in [0.05, 0.1) is 18.4 Å². The third-order valence-electron chi connectivity index (χ3n) is 10.8. The summed E-state index contributed by atoms with van der Waals surface area (Å²) in [6.07, 6.45) is 13.1. The van der Waals surface area contributed by atoms with Crippen LogP contribution in [0.2, 0.25) is 0 Å². The second kappa shape index (κ2) is 33.3. The lowest BCUT2D eigenvalue weighted by Gasteiger charge is -2.12. The maximum absolute atomic E-state index is 11.9. The van der Waals surface area contributed by atoms with E-state index in [9.17, 15) is 19.2 Å². The summed E-state index contributed by atoms with van der Waals surface area (Å²) < 4.78 is 5.47. The first kappa shape index (κ1) is 62.7. The lowest BCUT2D eigenvalue weighted by atomic mass is 10.0. The minimum Gasteiger partial charge on any atom is -0.491 e. The van der Waals surface area contributed by atoms with Crippen molar-refractivity contribution in [3.63, 3.8) is 0 Å². The Morgan fingerprint density at radius 3 is 1.54 bits per heavy atom. The largest absolute Gasteiger partial charge is 0.491 e. The second-order valence-corrected chi connectivity index (χ2v) is 19.2. The number of ether oxygens (including phenoxy) is 1. The van der Waals surface area contributed by atoms with Gasteiger partial charge in [-0.1, -0.05) is 143 Å². The molecule has 0 N–H and O–H groups in total. The van der Waals surface area contributed by atoms with Crippen LogP contribution in [0.5, 0.6) is 5.75 Å². The highest BCUT2D eigenvalue weighted by molar-refractivity contribution is 6.01. The van der Waals surface area contributed by atoms with E-state index in [1.165, 1.54) is 31.2 Å². The van der Waals surface area contributed by atoms with Crippen LogP contribution < -0.4 is 4.74 Å². The molecule has 4 aromatic rings. The van der Waals surface area contributed by atoms with Crippen LogP contribution in [-0.4, -0.2) is 72.8 Å². The van der Waals surface area contributed by atoms with Crippen molar-refractivity contribution in [2.24, 2.45) is 0 Å². The van der Waals surface area contributed by atoms with Crippen LogP contribution in [0.25, 0.3) is 0 Å². The third-order valence-corrected chi connectivity index (χ3v) is 10.8. The number of hydrogen-bond donors (Lipinski definition) is 0. The zero-order valence-corrected chi connectivity index (χ0v) is 46.8. The minimum absolute atomic E-state index is 0.0787. The fourth-order valence-electron chi connectivity index (χ4n) is 7.44. The number of aromatic nitrogens is 4. The smallest absolute Gasteiger partial charge is 0.273 e.